The van der Waals surface area contributed by atoms with Crippen LogP contribution in [0.15, 0.2) is 33.6 Å². The van der Waals surface area contributed by atoms with Gasteiger partial charge in [0.2, 0.25) is 11.8 Å². The van der Waals surface area contributed by atoms with Gasteiger partial charge in [-0.05, 0) is 38.3 Å². The Hall–Kier alpha value is -2.42. The molecule has 0 spiro atoms. The van der Waals surface area contributed by atoms with E-state index in [9.17, 15) is 18.0 Å². The predicted octanol–water partition coefficient (Wildman–Crippen LogP) is 0.631. The fraction of sp³-hybridized carbons (Fsp3) is 0.500. The standard InChI is InChI=1S/C18H24N4O4S/c1-3-10-19-17(23)12(2)20-18(24)14-8-6-11-22(14)16-13-7-4-5-9-15(13)27(25,26)21-16/h4-5,7,9,12,14H,3,6,8,10-11H2,1-2H3,(H,19,23)(H,20,24)/t12-,14+/m1/s1. The summed E-state index contributed by atoms with van der Waals surface area (Å²) in [5.41, 5.74) is 0.519. The highest BCUT2D eigenvalue weighted by Crippen LogP contribution is 2.31. The lowest BCUT2D eigenvalue weighted by Crippen LogP contribution is -2.52. The van der Waals surface area contributed by atoms with Crippen molar-refractivity contribution in [1.82, 2.24) is 15.5 Å². The second kappa shape index (κ2) is 7.67. The number of hydrogen-bond acceptors (Lipinski definition) is 5. The van der Waals surface area contributed by atoms with Gasteiger partial charge >= 0.3 is 0 Å². The molecule has 146 valence electrons. The Morgan fingerprint density at radius 2 is 2.07 bits per heavy atom. The number of amidine groups is 1. The quantitative estimate of drug-likeness (QED) is 0.764. The van der Waals surface area contributed by atoms with Crippen LogP contribution >= 0.6 is 0 Å². The van der Waals surface area contributed by atoms with E-state index in [0.29, 0.717) is 30.9 Å². The Morgan fingerprint density at radius 1 is 1.33 bits per heavy atom. The second-order valence-electron chi connectivity index (χ2n) is 6.76. The third-order valence-electron chi connectivity index (χ3n) is 4.74. The topological polar surface area (TPSA) is 108 Å². The monoisotopic (exact) mass is 392 g/mol. The van der Waals surface area contributed by atoms with Crippen LogP contribution in [0.2, 0.25) is 0 Å². The molecule has 1 fully saturated rings. The van der Waals surface area contributed by atoms with Crippen molar-refractivity contribution in [2.45, 2.75) is 50.1 Å². The molecule has 0 bridgehead atoms. The third-order valence-corrected chi connectivity index (χ3v) is 6.07. The Kier molecular flexibility index (Phi) is 5.50. The number of rotatable bonds is 5. The van der Waals surface area contributed by atoms with Crippen molar-refractivity contribution in [3.05, 3.63) is 29.8 Å². The molecule has 1 aromatic carbocycles. The van der Waals surface area contributed by atoms with Gasteiger partial charge in [0.05, 0.1) is 0 Å². The highest BCUT2D eigenvalue weighted by atomic mass is 32.2. The third kappa shape index (κ3) is 3.83. The number of carbonyl (C=O) groups is 2. The average molecular weight is 392 g/mol. The average Bonchev–Trinajstić information content (AvgIpc) is 3.22. The van der Waals surface area contributed by atoms with E-state index in [2.05, 4.69) is 15.0 Å². The number of carbonyl (C=O) groups excluding carboxylic acids is 2. The van der Waals surface area contributed by atoms with Crippen molar-refractivity contribution in [2.75, 3.05) is 13.1 Å². The summed E-state index contributed by atoms with van der Waals surface area (Å²) in [6.45, 7) is 4.68. The molecule has 2 N–H and O–H groups in total. The molecule has 0 radical (unpaired) electrons. The predicted molar refractivity (Wildman–Crippen MR) is 101 cm³/mol. The molecule has 2 heterocycles. The molecule has 27 heavy (non-hydrogen) atoms. The van der Waals surface area contributed by atoms with Gasteiger partial charge in [-0.25, -0.2) is 0 Å². The summed E-state index contributed by atoms with van der Waals surface area (Å²) in [5.74, 6) is -0.219. The smallest absolute Gasteiger partial charge is 0.285 e. The molecule has 8 nitrogen and oxygen atoms in total. The zero-order valence-corrected chi connectivity index (χ0v) is 16.3. The van der Waals surface area contributed by atoms with Crippen molar-refractivity contribution < 1.29 is 18.0 Å². The van der Waals surface area contributed by atoms with Crippen molar-refractivity contribution in [3.8, 4) is 0 Å². The first-order valence-corrected chi connectivity index (χ1v) is 10.6. The Bertz CT molecular complexity index is 881. The highest BCUT2D eigenvalue weighted by Gasteiger charge is 2.39. The van der Waals surface area contributed by atoms with E-state index < -0.39 is 22.1 Å². The van der Waals surface area contributed by atoms with Crippen molar-refractivity contribution in [3.63, 3.8) is 0 Å². The molecule has 1 saturated heterocycles. The summed E-state index contributed by atoms with van der Waals surface area (Å²) < 4.78 is 28.5. The number of nitrogens with one attached hydrogen (secondary N) is 2. The molecule has 0 aliphatic carbocycles. The van der Waals surface area contributed by atoms with Gasteiger partial charge in [-0.15, -0.1) is 4.40 Å². The van der Waals surface area contributed by atoms with E-state index in [4.69, 9.17) is 0 Å². The first-order chi connectivity index (χ1) is 12.8. The zero-order chi connectivity index (χ0) is 19.6. The fourth-order valence-electron chi connectivity index (χ4n) is 3.36. The lowest BCUT2D eigenvalue weighted by Gasteiger charge is -2.26. The van der Waals surface area contributed by atoms with Crippen LogP contribution in [0.5, 0.6) is 0 Å². The largest absolute Gasteiger partial charge is 0.354 e. The van der Waals surface area contributed by atoms with E-state index in [1.165, 1.54) is 6.07 Å². The summed E-state index contributed by atoms with van der Waals surface area (Å²) in [4.78, 5) is 26.6. The van der Waals surface area contributed by atoms with E-state index >= 15 is 0 Å². The summed E-state index contributed by atoms with van der Waals surface area (Å²) in [6.07, 6.45) is 2.14. The number of amides is 2. The molecule has 2 aliphatic heterocycles. The Labute approximate surface area is 159 Å². The van der Waals surface area contributed by atoms with Gasteiger partial charge in [-0.3, -0.25) is 9.59 Å². The van der Waals surface area contributed by atoms with Crippen molar-refractivity contribution in [2.24, 2.45) is 4.40 Å². The van der Waals surface area contributed by atoms with Crippen LogP contribution in [0.3, 0.4) is 0 Å². The summed E-state index contributed by atoms with van der Waals surface area (Å²) >= 11 is 0. The van der Waals surface area contributed by atoms with Gasteiger partial charge < -0.3 is 15.5 Å². The van der Waals surface area contributed by atoms with Gasteiger partial charge in [-0.1, -0.05) is 19.1 Å². The van der Waals surface area contributed by atoms with Crippen LogP contribution in [0.4, 0.5) is 0 Å². The summed E-state index contributed by atoms with van der Waals surface area (Å²) in [6, 6.07) is 5.42. The van der Waals surface area contributed by atoms with Crippen LogP contribution in [-0.2, 0) is 19.6 Å². The highest BCUT2D eigenvalue weighted by molar-refractivity contribution is 7.90. The van der Waals surface area contributed by atoms with Crippen LogP contribution in [0.1, 0.15) is 38.7 Å². The molecule has 2 amide bonds. The Morgan fingerprint density at radius 3 is 2.81 bits per heavy atom. The van der Waals surface area contributed by atoms with E-state index in [0.717, 1.165) is 12.8 Å². The summed E-state index contributed by atoms with van der Waals surface area (Å²) in [5, 5.41) is 5.48. The molecule has 9 heteroatoms. The number of benzene rings is 1. The summed E-state index contributed by atoms with van der Waals surface area (Å²) in [7, 11) is -3.74. The molecule has 0 saturated carbocycles. The molecule has 2 aliphatic rings. The van der Waals surface area contributed by atoms with Gasteiger partial charge in [-0.2, -0.15) is 8.42 Å². The molecule has 3 rings (SSSR count). The fourth-order valence-corrected chi connectivity index (χ4v) is 4.58. The SMILES string of the molecule is CCCNC(=O)[C@@H](C)NC(=O)[C@@H]1CCCN1C1=NS(=O)(=O)c2ccccc21. The zero-order valence-electron chi connectivity index (χ0n) is 15.4. The second-order valence-corrected chi connectivity index (χ2v) is 8.33. The molecule has 1 aromatic rings. The van der Waals surface area contributed by atoms with Gasteiger partial charge in [0.15, 0.2) is 5.84 Å². The van der Waals surface area contributed by atoms with E-state index in [1.54, 1.807) is 30.0 Å². The first kappa shape index (κ1) is 19.3. The number of sulfonamides is 1. The number of fused-ring (bicyclic) bond motifs is 1. The van der Waals surface area contributed by atoms with Crippen LogP contribution in [-0.4, -0.2) is 56.1 Å². The van der Waals surface area contributed by atoms with Gasteiger partial charge in [0, 0.05) is 18.7 Å². The number of nitrogens with zero attached hydrogens (tertiary/aromatic N) is 2. The molecule has 2 atom stereocenters. The minimum absolute atomic E-state index is 0.165. The van der Waals surface area contributed by atoms with E-state index in [1.807, 2.05) is 6.92 Å². The number of likely N-dealkylation sites (tertiary alicyclic amines) is 1. The normalized spacial score (nSPS) is 21.3. The maximum absolute atomic E-state index is 12.7. The van der Waals surface area contributed by atoms with Crippen molar-refractivity contribution >= 4 is 27.7 Å². The van der Waals surface area contributed by atoms with Crippen LogP contribution in [0.25, 0.3) is 0 Å². The van der Waals surface area contributed by atoms with Gasteiger partial charge in [0.1, 0.15) is 17.0 Å². The van der Waals surface area contributed by atoms with Crippen molar-refractivity contribution in [1.29, 1.82) is 0 Å². The van der Waals surface area contributed by atoms with Gasteiger partial charge in [0.25, 0.3) is 10.0 Å². The Balaban J connectivity index is 1.77. The van der Waals surface area contributed by atoms with Crippen LogP contribution < -0.4 is 10.6 Å². The molecular formula is C18H24N4O4S. The molecule has 0 unspecified atom stereocenters. The maximum atomic E-state index is 12.7. The maximum Gasteiger partial charge on any atom is 0.285 e. The lowest BCUT2D eigenvalue weighted by molar-refractivity contribution is -0.130. The minimum atomic E-state index is -3.74. The first-order valence-electron chi connectivity index (χ1n) is 9.14. The number of hydrogen-bond donors (Lipinski definition) is 2. The van der Waals surface area contributed by atoms with Crippen LogP contribution in [0, 0.1) is 0 Å². The molecule has 0 aromatic heterocycles. The van der Waals surface area contributed by atoms with E-state index in [-0.39, 0.29) is 16.7 Å². The molecular weight excluding hydrogens is 368 g/mol. The minimum Gasteiger partial charge on any atom is -0.354 e. The lowest BCUT2D eigenvalue weighted by atomic mass is 10.1.